The van der Waals surface area contributed by atoms with Gasteiger partial charge in [-0.2, -0.15) is 5.10 Å². The van der Waals surface area contributed by atoms with Crippen molar-refractivity contribution in [2.45, 2.75) is 13.3 Å². The number of nitrogens with one attached hydrogen (secondary N) is 3. The number of hydrazone groups is 1. The molecule has 3 amide bonds. The molecule has 0 aliphatic carbocycles. The normalized spacial score (nSPS) is 10.4. The summed E-state index contributed by atoms with van der Waals surface area (Å²) in [6, 6.07) is 14.4. The van der Waals surface area contributed by atoms with Gasteiger partial charge in [0.15, 0.2) is 6.61 Å². The molecule has 0 atom stereocenters. The fraction of sp³-hybridized carbons (Fsp3) is 0.200. The van der Waals surface area contributed by atoms with Gasteiger partial charge >= 0.3 is 11.8 Å². The van der Waals surface area contributed by atoms with Crippen molar-refractivity contribution in [1.29, 1.82) is 0 Å². The molecule has 0 aliphatic rings. The average molecular weight is 382 g/mol. The minimum absolute atomic E-state index is 0.149. The zero-order valence-corrected chi connectivity index (χ0v) is 15.7. The molecule has 8 nitrogen and oxygen atoms in total. The number of nitrogens with zero attached hydrogens (tertiary/aromatic N) is 1. The number of ether oxygens (including phenoxy) is 1. The monoisotopic (exact) mass is 382 g/mol. The lowest BCUT2D eigenvalue weighted by atomic mass is 10.1. The van der Waals surface area contributed by atoms with Gasteiger partial charge in [0.2, 0.25) is 0 Å². The Hall–Kier alpha value is -3.68. The van der Waals surface area contributed by atoms with Gasteiger partial charge in [-0.15, -0.1) is 0 Å². The van der Waals surface area contributed by atoms with Crippen LogP contribution < -0.4 is 20.8 Å². The highest BCUT2D eigenvalue weighted by molar-refractivity contribution is 6.34. The highest BCUT2D eigenvalue weighted by atomic mass is 16.5. The molecule has 146 valence electrons. The van der Waals surface area contributed by atoms with E-state index in [0.717, 1.165) is 6.42 Å². The van der Waals surface area contributed by atoms with E-state index in [9.17, 15) is 14.4 Å². The Morgan fingerprint density at radius 3 is 2.50 bits per heavy atom. The van der Waals surface area contributed by atoms with Gasteiger partial charge in [0, 0.05) is 12.7 Å². The Morgan fingerprint density at radius 1 is 1.07 bits per heavy atom. The molecule has 0 unspecified atom stereocenters. The molecule has 0 spiro atoms. The standard InChI is InChI=1S/C20H22N4O4/c1-3-14-7-9-16(10-8-14)23-18(25)13-28-17-6-4-5-15(11-17)12-22-24-20(27)19(26)21-2/h4-12H,3,13H2,1-2H3,(H,21,26)(H,23,25)(H,24,27)/b22-12-. The van der Waals surface area contributed by atoms with Gasteiger partial charge in [-0.25, -0.2) is 5.43 Å². The maximum atomic E-state index is 12.0. The number of carbonyl (C=O) groups excluding carboxylic acids is 3. The van der Waals surface area contributed by atoms with Crippen LogP contribution in [0, 0.1) is 0 Å². The largest absolute Gasteiger partial charge is 0.484 e. The third-order valence-electron chi connectivity index (χ3n) is 3.69. The predicted octanol–water partition coefficient (Wildman–Crippen LogP) is 1.46. The van der Waals surface area contributed by atoms with E-state index in [2.05, 4.69) is 28.1 Å². The topological polar surface area (TPSA) is 109 Å². The van der Waals surface area contributed by atoms with Crippen LogP contribution in [0.5, 0.6) is 5.75 Å². The Labute approximate surface area is 163 Å². The summed E-state index contributed by atoms with van der Waals surface area (Å²) in [7, 11) is 1.35. The summed E-state index contributed by atoms with van der Waals surface area (Å²) >= 11 is 0. The molecule has 0 radical (unpaired) electrons. The number of aryl methyl sites for hydroxylation is 1. The molecule has 8 heteroatoms. The number of rotatable bonds is 7. The molecule has 2 aromatic rings. The van der Waals surface area contributed by atoms with Crippen molar-refractivity contribution < 1.29 is 19.1 Å². The van der Waals surface area contributed by atoms with Crippen LogP contribution in [0.15, 0.2) is 53.6 Å². The molecule has 2 aromatic carbocycles. The van der Waals surface area contributed by atoms with Crippen LogP contribution in [0.2, 0.25) is 0 Å². The number of likely N-dealkylation sites (N-methyl/N-ethyl adjacent to an activating group) is 1. The number of anilines is 1. The van der Waals surface area contributed by atoms with Crippen molar-refractivity contribution >= 4 is 29.6 Å². The number of benzene rings is 2. The molecule has 3 N–H and O–H groups in total. The van der Waals surface area contributed by atoms with Crippen molar-refractivity contribution in [2.24, 2.45) is 5.10 Å². The maximum Gasteiger partial charge on any atom is 0.329 e. The molecule has 0 saturated heterocycles. The number of hydrogen-bond donors (Lipinski definition) is 3. The fourth-order valence-corrected chi connectivity index (χ4v) is 2.18. The summed E-state index contributed by atoms with van der Waals surface area (Å²) in [5.74, 6) is -1.46. The van der Waals surface area contributed by atoms with E-state index in [1.165, 1.54) is 18.8 Å². The van der Waals surface area contributed by atoms with E-state index in [-0.39, 0.29) is 12.5 Å². The zero-order chi connectivity index (χ0) is 20.4. The first kappa shape index (κ1) is 20.6. The highest BCUT2D eigenvalue weighted by Crippen LogP contribution is 2.13. The van der Waals surface area contributed by atoms with Crippen molar-refractivity contribution in [1.82, 2.24) is 10.7 Å². The van der Waals surface area contributed by atoms with Crippen LogP contribution >= 0.6 is 0 Å². The minimum Gasteiger partial charge on any atom is -0.484 e. The lowest BCUT2D eigenvalue weighted by Crippen LogP contribution is -2.35. The molecular weight excluding hydrogens is 360 g/mol. The number of carbonyl (C=O) groups is 3. The second kappa shape index (κ2) is 10.5. The smallest absolute Gasteiger partial charge is 0.329 e. The zero-order valence-electron chi connectivity index (χ0n) is 15.7. The molecular formula is C20H22N4O4. The second-order valence-electron chi connectivity index (χ2n) is 5.74. The van der Waals surface area contributed by atoms with Crippen LogP contribution in [0.1, 0.15) is 18.1 Å². The van der Waals surface area contributed by atoms with Crippen molar-refractivity contribution in [3.8, 4) is 5.75 Å². The summed E-state index contributed by atoms with van der Waals surface area (Å²) in [6.45, 7) is 1.92. The molecule has 0 aromatic heterocycles. The Kier molecular flexibility index (Phi) is 7.71. The van der Waals surface area contributed by atoms with Crippen molar-refractivity contribution in [3.63, 3.8) is 0 Å². The van der Waals surface area contributed by atoms with Crippen LogP contribution in [-0.4, -0.2) is 37.6 Å². The SMILES string of the molecule is CCc1ccc(NC(=O)COc2cccc(/C=N\NC(=O)C(=O)NC)c2)cc1. The predicted molar refractivity (Wildman–Crippen MR) is 106 cm³/mol. The first-order valence-electron chi connectivity index (χ1n) is 8.68. The fourth-order valence-electron chi connectivity index (χ4n) is 2.18. The van der Waals surface area contributed by atoms with E-state index >= 15 is 0 Å². The maximum absolute atomic E-state index is 12.0. The van der Waals surface area contributed by atoms with E-state index < -0.39 is 11.8 Å². The van der Waals surface area contributed by atoms with E-state index in [1.807, 2.05) is 24.3 Å². The van der Waals surface area contributed by atoms with E-state index in [0.29, 0.717) is 17.0 Å². The van der Waals surface area contributed by atoms with Crippen LogP contribution in [-0.2, 0) is 20.8 Å². The van der Waals surface area contributed by atoms with Gasteiger partial charge in [-0.05, 0) is 41.8 Å². The minimum atomic E-state index is -0.866. The number of hydrogen-bond acceptors (Lipinski definition) is 5. The molecule has 0 heterocycles. The second-order valence-corrected chi connectivity index (χ2v) is 5.74. The van der Waals surface area contributed by atoms with Gasteiger partial charge in [-0.3, -0.25) is 14.4 Å². The highest BCUT2D eigenvalue weighted by Gasteiger charge is 2.09. The lowest BCUT2D eigenvalue weighted by molar-refractivity contribution is -0.138. The van der Waals surface area contributed by atoms with Crippen molar-refractivity contribution in [2.75, 3.05) is 19.0 Å². The Balaban J connectivity index is 1.85. The molecule has 0 fully saturated rings. The first-order valence-corrected chi connectivity index (χ1v) is 8.68. The van der Waals surface area contributed by atoms with Gasteiger partial charge in [0.25, 0.3) is 5.91 Å². The third-order valence-corrected chi connectivity index (χ3v) is 3.69. The van der Waals surface area contributed by atoms with Gasteiger partial charge in [-0.1, -0.05) is 31.2 Å². The first-order chi connectivity index (χ1) is 13.5. The van der Waals surface area contributed by atoms with Crippen LogP contribution in [0.25, 0.3) is 0 Å². The lowest BCUT2D eigenvalue weighted by Gasteiger charge is -2.08. The quantitative estimate of drug-likeness (QED) is 0.383. The van der Waals surface area contributed by atoms with E-state index in [1.54, 1.807) is 24.3 Å². The summed E-state index contributed by atoms with van der Waals surface area (Å²) in [6.07, 6.45) is 2.30. The summed E-state index contributed by atoms with van der Waals surface area (Å²) in [5.41, 5.74) is 4.63. The summed E-state index contributed by atoms with van der Waals surface area (Å²) < 4.78 is 5.48. The molecule has 0 aliphatic heterocycles. The van der Waals surface area contributed by atoms with Gasteiger partial charge in [0.05, 0.1) is 6.21 Å². The number of amides is 3. The summed E-state index contributed by atoms with van der Waals surface area (Å²) in [4.78, 5) is 34.4. The van der Waals surface area contributed by atoms with E-state index in [4.69, 9.17) is 4.74 Å². The van der Waals surface area contributed by atoms with Gasteiger partial charge < -0.3 is 15.4 Å². The summed E-state index contributed by atoms with van der Waals surface area (Å²) in [5, 5.41) is 8.65. The van der Waals surface area contributed by atoms with Crippen LogP contribution in [0.4, 0.5) is 5.69 Å². The molecule has 0 bridgehead atoms. The Morgan fingerprint density at radius 2 is 1.82 bits per heavy atom. The average Bonchev–Trinajstić information content (AvgIpc) is 2.72. The van der Waals surface area contributed by atoms with Crippen molar-refractivity contribution in [3.05, 3.63) is 59.7 Å². The van der Waals surface area contributed by atoms with Crippen LogP contribution in [0.3, 0.4) is 0 Å². The van der Waals surface area contributed by atoms with Gasteiger partial charge in [0.1, 0.15) is 5.75 Å². The third kappa shape index (κ3) is 6.56. The Bertz CT molecular complexity index is 863. The molecule has 0 saturated carbocycles. The molecule has 2 rings (SSSR count). The molecule has 28 heavy (non-hydrogen) atoms.